The second-order valence-electron chi connectivity index (χ2n) is 3.95. The quantitative estimate of drug-likeness (QED) is 0.797. The molecule has 1 saturated heterocycles. The van der Waals surface area contributed by atoms with Crippen LogP contribution in [0.5, 0.6) is 0 Å². The van der Waals surface area contributed by atoms with Gasteiger partial charge in [0.25, 0.3) is 0 Å². The van der Waals surface area contributed by atoms with Crippen LogP contribution < -0.4 is 10.6 Å². The summed E-state index contributed by atoms with van der Waals surface area (Å²) in [5.41, 5.74) is 0.134. The minimum atomic E-state index is -1.03. The van der Waals surface area contributed by atoms with Crippen LogP contribution in [0, 0.1) is 0 Å². The van der Waals surface area contributed by atoms with Gasteiger partial charge >= 0.3 is 12.0 Å². The van der Waals surface area contributed by atoms with Crippen LogP contribution in [0.25, 0.3) is 0 Å². The number of carbonyl (C=O) groups is 2. The van der Waals surface area contributed by atoms with E-state index in [9.17, 15) is 9.59 Å². The fraction of sp³-hybridized carbons (Fsp3) is 0.455. The molecule has 18 heavy (non-hydrogen) atoms. The van der Waals surface area contributed by atoms with Crippen molar-refractivity contribution in [3.63, 3.8) is 0 Å². The molecular formula is C11H14N2O3S2. The largest absolute Gasteiger partial charge is 0.478 e. The van der Waals surface area contributed by atoms with Gasteiger partial charge in [-0.25, -0.2) is 9.59 Å². The monoisotopic (exact) mass is 286 g/mol. The normalized spacial score (nSPS) is 16.2. The number of hydrogen-bond acceptors (Lipinski definition) is 4. The van der Waals surface area contributed by atoms with Gasteiger partial charge in [0.05, 0.1) is 5.56 Å². The van der Waals surface area contributed by atoms with Crippen molar-refractivity contribution in [3.05, 3.63) is 17.0 Å². The van der Waals surface area contributed by atoms with E-state index in [4.69, 9.17) is 5.11 Å². The number of urea groups is 1. The van der Waals surface area contributed by atoms with Gasteiger partial charge in [-0.3, -0.25) is 5.32 Å². The molecule has 0 radical (unpaired) electrons. The lowest BCUT2D eigenvalue weighted by Gasteiger charge is -2.22. The van der Waals surface area contributed by atoms with E-state index in [-0.39, 0.29) is 17.6 Å². The molecule has 7 heteroatoms. The van der Waals surface area contributed by atoms with Gasteiger partial charge in [-0.1, -0.05) is 0 Å². The van der Waals surface area contributed by atoms with Crippen molar-refractivity contribution in [2.45, 2.75) is 18.9 Å². The number of aromatic carboxylic acids is 1. The Morgan fingerprint density at radius 2 is 2.06 bits per heavy atom. The van der Waals surface area contributed by atoms with Crippen LogP contribution in [0.4, 0.5) is 9.80 Å². The van der Waals surface area contributed by atoms with E-state index in [1.807, 2.05) is 11.8 Å². The van der Waals surface area contributed by atoms with Crippen molar-refractivity contribution in [1.82, 2.24) is 5.32 Å². The summed E-state index contributed by atoms with van der Waals surface area (Å²) >= 11 is 3.10. The number of hydrogen-bond donors (Lipinski definition) is 3. The molecule has 1 aliphatic rings. The Bertz CT molecular complexity index is 441. The lowest BCUT2D eigenvalue weighted by atomic mass is 10.2. The first-order valence-corrected chi connectivity index (χ1v) is 7.66. The van der Waals surface area contributed by atoms with Crippen LogP contribution in [-0.2, 0) is 0 Å². The van der Waals surface area contributed by atoms with E-state index in [1.165, 1.54) is 17.4 Å². The average Bonchev–Trinajstić information content (AvgIpc) is 2.78. The third kappa shape index (κ3) is 3.39. The molecule has 2 rings (SSSR count). The van der Waals surface area contributed by atoms with E-state index in [0.29, 0.717) is 5.00 Å². The molecule has 0 saturated carbocycles. The van der Waals surface area contributed by atoms with Crippen molar-refractivity contribution >= 4 is 40.1 Å². The summed E-state index contributed by atoms with van der Waals surface area (Å²) in [6, 6.07) is 1.36. The Morgan fingerprint density at radius 3 is 2.72 bits per heavy atom. The Morgan fingerprint density at radius 1 is 1.33 bits per heavy atom. The number of thioether (sulfide) groups is 1. The second-order valence-corrected chi connectivity index (χ2v) is 6.09. The maximum Gasteiger partial charge on any atom is 0.338 e. The SMILES string of the molecule is O=C(Nc1sccc1C(=O)O)NC1CCSCC1. The molecule has 1 fully saturated rings. The Kier molecular flexibility index (Phi) is 4.48. The maximum absolute atomic E-state index is 11.7. The zero-order valence-corrected chi connectivity index (χ0v) is 11.3. The van der Waals surface area contributed by atoms with E-state index in [1.54, 1.807) is 5.38 Å². The minimum Gasteiger partial charge on any atom is -0.478 e. The van der Waals surface area contributed by atoms with Crippen molar-refractivity contribution in [2.24, 2.45) is 0 Å². The molecule has 2 amide bonds. The first kappa shape index (κ1) is 13.2. The van der Waals surface area contributed by atoms with Crippen molar-refractivity contribution < 1.29 is 14.7 Å². The van der Waals surface area contributed by atoms with Gasteiger partial charge in [-0.05, 0) is 35.8 Å². The molecule has 2 heterocycles. The predicted molar refractivity (Wildman–Crippen MR) is 73.8 cm³/mol. The van der Waals surface area contributed by atoms with E-state index >= 15 is 0 Å². The molecule has 0 bridgehead atoms. The van der Waals surface area contributed by atoms with E-state index in [2.05, 4.69) is 10.6 Å². The Labute approximate surface area is 113 Å². The van der Waals surface area contributed by atoms with Crippen LogP contribution in [0.2, 0.25) is 0 Å². The molecule has 5 nitrogen and oxygen atoms in total. The van der Waals surface area contributed by atoms with Gasteiger partial charge in [0.2, 0.25) is 0 Å². The Hall–Kier alpha value is -1.21. The van der Waals surface area contributed by atoms with Crippen LogP contribution in [0.3, 0.4) is 0 Å². The molecule has 0 spiro atoms. The molecule has 3 N–H and O–H groups in total. The molecule has 1 aliphatic heterocycles. The number of carboxylic acid groups (broad SMARTS) is 1. The zero-order chi connectivity index (χ0) is 13.0. The summed E-state index contributed by atoms with van der Waals surface area (Å²) in [7, 11) is 0. The zero-order valence-electron chi connectivity index (χ0n) is 9.64. The number of carboxylic acids is 1. The number of carbonyl (C=O) groups excluding carboxylic acids is 1. The lowest BCUT2D eigenvalue weighted by molar-refractivity contribution is 0.0698. The number of rotatable bonds is 3. The number of thiophene rings is 1. The van der Waals surface area contributed by atoms with Crippen molar-refractivity contribution in [1.29, 1.82) is 0 Å². The summed E-state index contributed by atoms with van der Waals surface area (Å²) in [4.78, 5) is 22.6. The van der Waals surface area contributed by atoms with Crippen LogP contribution >= 0.6 is 23.1 Å². The first-order valence-electron chi connectivity index (χ1n) is 5.63. The number of anilines is 1. The number of amides is 2. The van der Waals surface area contributed by atoms with Gasteiger partial charge in [0, 0.05) is 6.04 Å². The highest BCUT2D eigenvalue weighted by Crippen LogP contribution is 2.23. The van der Waals surface area contributed by atoms with Gasteiger partial charge in [0.1, 0.15) is 5.00 Å². The molecule has 0 atom stereocenters. The topological polar surface area (TPSA) is 78.4 Å². The standard InChI is InChI=1S/C11H14N2O3S2/c14-10(15)8-3-6-18-9(8)13-11(16)12-7-1-4-17-5-2-7/h3,6-7H,1-2,4-5H2,(H,14,15)(H2,12,13,16). The van der Waals surface area contributed by atoms with Crippen molar-refractivity contribution in [2.75, 3.05) is 16.8 Å². The summed E-state index contributed by atoms with van der Waals surface area (Å²) in [5, 5.41) is 16.4. The summed E-state index contributed by atoms with van der Waals surface area (Å²) < 4.78 is 0. The first-order chi connectivity index (χ1) is 8.66. The molecule has 1 aromatic rings. The summed E-state index contributed by atoms with van der Waals surface area (Å²) in [5.74, 6) is 1.09. The smallest absolute Gasteiger partial charge is 0.338 e. The predicted octanol–water partition coefficient (Wildman–Crippen LogP) is 2.46. The van der Waals surface area contributed by atoms with Crippen LogP contribution in [0.15, 0.2) is 11.4 Å². The van der Waals surface area contributed by atoms with Gasteiger partial charge < -0.3 is 10.4 Å². The van der Waals surface area contributed by atoms with Crippen LogP contribution in [-0.4, -0.2) is 34.7 Å². The lowest BCUT2D eigenvalue weighted by Crippen LogP contribution is -2.40. The molecule has 0 aliphatic carbocycles. The highest BCUT2D eigenvalue weighted by atomic mass is 32.2. The van der Waals surface area contributed by atoms with Gasteiger partial charge in [-0.15, -0.1) is 11.3 Å². The van der Waals surface area contributed by atoms with E-state index < -0.39 is 5.97 Å². The highest BCUT2D eigenvalue weighted by Gasteiger charge is 2.18. The molecule has 98 valence electrons. The van der Waals surface area contributed by atoms with Crippen LogP contribution in [0.1, 0.15) is 23.2 Å². The summed E-state index contributed by atoms with van der Waals surface area (Å²) in [6.07, 6.45) is 1.93. The average molecular weight is 286 g/mol. The molecular weight excluding hydrogens is 272 g/mol. The highest BCUT2D eigenvalue weighted by molar-refractivity contribution is 7.99. The minimum absolute atomic E-state index is 0.134. The van der Waals surface area contributed by atoms with Gasteiger partial charge in [-0.2, -0.15) is 11.8 Å². The maximum atomic E-state index is 11.7. The van der Waals surface area contributed by atoms with E-state index in [0.717, 1.165) is 24.3 Å². The molecule has 0 aromatic carbocycles. The van der Waals surface area contributed by atoms with Crippen molar-refractivity contribution in [3.8, 4) is 0 Å². The fourth-order valence-corrected chi connectivity index (χ4v) is 3.62. The third-order valence-corrected chi connectivity index (χ3v) is 4.56. The summed E-state index contributed by atoms with van der Waals surface area (Å²) in [6.45, 7) is 0. The molecule has 1 aromatic heterocycles. The fourth-order valence-electron chi connectivity index (χ4n) is 1.74. The van der Waals surface area contributed by atoms with Gasteiger partial charge in [0.15, 0.2) is 0 Å². The Balaban J connectivity index is 1.90. The molecule has 0 unspecified atom stereocenters. The number of nitrogens with one attached hydrogen (secondary N) is 2. The second kappa shape index (κ2) is 6.10. The third-order valence-electron chi connectivity index (χ3n) is 2.68.